The highest BCUT2D eigenvalue weighted by Crippen LogP contribution is 2.25. The third-order valence-electron chi connectivity index (χ3n) is 2.44. The van der Waals surface area contributed by atoms with Gasteiger partial charge in [-0.25, -0.2) is 0 Å². The first-order valence-corrected chi connectivity index (χ1v) is 7.31. The number of carbonyl (C=O) groups excluding carboxylic acids is 2. The highest BCUT2D eigenvalue weighted by atomic mass is 35.5. The maximum Gasteiger partial charge on any atom is 0.313 e. The van der Waals surface area contributed by atoms with Gasteiger partial charge in [0.1, 0.15) is 0 Å². The van der Waals surface area contributed by atoms with Gasteiger partial charge >= 0.3 is 11.8 Å². The van der Waals surface area contributed by atoms with Gasteiger partial charge in [-0.2, -0.15) is 0 Å². The van der Waals surface area contributed by atoms with E-state index in [2.05, 4.69) is 10.6 Å². The molecule has 0 atom stereocenters. The van der Waals surface area contributed by atoms with Crippen molar-refractivity contribution in [1.82, 2.24) is 5.32 Å². The molecule has 1 aromatic rings. The second-order valence-corrected chi connectivity index (χ2v) is 5.45. The zero-order valence-corrected chi connectivity index (χ0v) is 13.4. The maximum absolute atomic E-state index is 11.7. The Labute approximate surface area is 133 Å². The lowest BCUT2D eigenvalue weighted by Crippen LogP contribution is -2.36. The molecule has 1 rings (SSSR count). The van der Waals surface area contributed by atoms with Gasteiger partial charge in [-0.05, 0) is 38.5 Å². The predicted molar refractivity (Wildman–Crippen MR) is 83.8 cm³/mol. The van der Waals surface area contributed by atoms with E-state index in [4.69, 9.17) is 27.9 Å². The molecule has 0 aliphatic rings. The van der Waals surface area contributed by atoms with Gasteiger partial charge in [0.25, 0.3) is 0 Å². The summed E-state index contributed by atoms with van der Waals surface area (Å²) in [6, 6.07) is 4.59. The van der Waals surface area contributed by atoms with Crippen molar-refractivity contribution in [3.8, 4) is 0 Å². The van der Waals surface area contributed by atoms with Crippen LogP contribution < -0.4 is 10.6 Å². The number of ether oxygens (including phenoxy) is 1. The van der Waals surface area contributed by atoms with Gasteiger partial charge in [0.2, 0.25) is 0 Å². The van der Waals surface area contributed by atoms with Crippen molar-refractivity contribution < 1.29 is 14.3 Å². The minimum absolute atomic E-state index is 0.149. The Hall–Kier alpha value is -1.30. The van der Waals surface area contributed by atoms with Crippen molar-refractivity contribution in [2.24, 2.45) is 0 Å². The third kappa shape index (κ3) is 6.80. The van der Waals surface area contributed by atoms with Gasteiger partial charge in [-0.15, -0.1) is 0 Å². The van der Waals surface area contributed by atoms with E-state index < -0.39 is 11.8 Å². The summed E-state index contributed by atoms with van der Waals surface area (Å²) < 4.78 is 5.32. The Balaban J connectivity index is 2.36. The number of nitrogens with one attached hydrogen (secondary N) is 2. The molecule has 116 valence electrons. The number of halogens is 2. The smallest absolute Gasteiger partial charge is 0.313 e. The lowest BCUT2D eigenvalue weighted by atomic mass is 10.3. The molecule has 21 heavy (non-hydrogen) atoms. The second-order valence-electron chi connectivity index (χ2n) is 4.61. The summed E-state index contributed by atoms with van der Waals surface area (Å²) >= 11 is 11.7. The van der Waals surface area contributed by atoms with E-state index in [1.54, 1.807) is 6.07 Å². The lowest BCUT2D eigenvalue weighted by Gasteiger charge is -2.09. The molecular formula is C14H18Cl2N2O3. The molecule has 0 fully saturated rings. The number of anilines is 1. The van der Waals surface area contributed by atoms with E-state index >= 15 is 0 Å². The molecule has 0 unspecified atom stereocenters. The SMILES string of the molecule is CC(C)OCCCNC(=O)C(=O)Nc1ccc(Cl)cc1Cl. The number of amides is 2. The van der Waals surface area contributed by atoms with Crippen LogP contribution in [0.15, 0.2) is 18.2 Å². The highest BCUT2D eigenvalue weighted by molar-refractivity contribution is 6.42. The van der Waals surface area contributed by atoms with Gasteiger partial charge < -0.3 is 15.4 Å². The summed E-state index contributed by atoms with van der Waals surface area (Å²) in [5.74, 6) is -1.49. The molecule has 7 heteroatoms. The monoisotopic (exact) mass is 332 g/mol. The van der Waals surface area contributed by atoms with Crippen molar-refractivity contribution in [3.05, 3.63) is 28.2 Å². The molecule has 0 saturated carbocycles. The van der Waals surface area contributed by atoms with Crippen molar-refractivity contribution in [2.75, 3.05) is 18.5 Å². The van der Waals surface area contributed by atoms with Gasteiger partial charge in [-0.1, -0.05) is 23.2 Å². The van der Waals surface area contributed by atoms with Crippen molar-refractivity contribution in [2.45, 2.75) is 26.4 Å². The first kappa shape index (κ1) is 17.8. The van der Waals surface area contributed by atoms with Crippen LogP contribution in [0.2, 0.25) is 10.0 Å². The molecule has 0 aromatic heterocycles. The summed E-state index contributed by atoms with van der Waals surface area (Å²) in [4.78, 5) is 23.3. The van der Waals surface area contributed by atoms with Gasteiger partial charge in [0.15, 0.2) is 0 Å². The van der Waals surface area contributed by atoms with Crippen LogP contribution in [-0.2, 0) is 14.3 Å². The first-order valence-electron chi connectivity index (χ1n) is 6.56. The Morgan fingerprint density at radius 3 is 2.57 bits per heavy atom. The van der Waals surface area contributed by atoms with E-state index in [9.17, 15) is 9.59 Å². The van der Waals surface area contributed by atoms with E-state index in [-0.39, 0.29) is 11.1 Å². The summed E-state index contributed by atoms with van der Waals surface area (Å²) in [5, 5.41) is 5.65. The van der Waals surface area contributed by atoms with Crippen LogP contribution >= 0.6 is 23.2 Å². The zero-order valence-electron chi connectivity index (χ0n) is 11.9. The number of carbonyl (C=O) groups is 2. The van der Waals surface area contributed by atoms with Crippen molar-refractivity contribution in [1.29, 1.82) is 0 Å². The van der Waals surface area contributed by atoms with Crippen LogP contribution in [0.3, 0.4) is 0 Å². The normalized spacial score (nSPS) is 10.5. The van der Waals surface area contributed by atoms with E-state index in [0.29, 0.717) is 30.3 Å². The van der Waals surface area contributed by atoms with Crippen molar-refractivity contribution >= 4 is 40.7 Å². The highest BCUT2D eigenvalue weighted by Gasteiger charge is 2.14. The topological polar surface area (TPSA) is 67.4 Å². The molecule has 2 amide bonds. The number of hydrogen-bond acceptors (Lipinski definition) is 3. The summed E-state index contributed by atoms with van der Waals surface area (Å²) in [5.41, 5.74) is 0.337. The fourth-order valence-corrected chi connectivity index (χ4v) is 1.90. The summed E-state index contributed by atoms with van der Waals surface area (Å²) in [7, 11) is 0. The summed E-state index contributed by atoms with van der Waals surface area (Å²) in [6.45, 7) is 4.76. The molecule has 5 nitrogen and oxygen atoms in total. The van der Waals surface area contributed by atoms with Gasteiger partial charge in [0.05, 0.1) is 16.8 Å². The molecule has 0 bridgehead atoms. The molecule has 0 aliphatic heterocycles. The fourth-order valence-electron chi connectivity index (χ4n) is 1.44. The predicted octanol–water partition coefficient (Wildman–Crippen LogP) is 2.86. The van der Waals surface area contributed by atoms with Crippen molar-refractivity contribution in [3.63, 3.8) is 0 Å². The second kappa shape index (κ2) is 8.87. The van der Waals surface area contributed by atoms with Crippen LogP contribution in [0.25, 0.3) is 0 Å². The quantitative estimate of drug-likeness (QED) is 0.621. The Morgan fingerprint density at radius 2 is 1.95 bits per heavy atom. The third-order valence-corrected chi connectivity index (χ3v) is 2.99. The molecule has 0 saturated heterocycles. The Kier molecular flexibility index (Phi) is 7.50. The summed E-state index contributed by atoms with van der Waals surface area (Å²) in [6.07, 6.45) is 0.787. The molecule has 0 radical (unpaired) electrons. The van der Waals surface area contributed by atoms with E-state index in [1.165, 1.54) is 12.1 Å². The van der Waals surface area contributed by atoms with Crippen LogP contribution in [0.1, 0.15) is 20.3 Å². The Bertz CT molecular complexity index is 507. The molecule has 0 aliphatic carbocycles. The van der Waals surface area contributed by atoms with E-state index in [0.717, 1.165) is 0 Å². The minimum Gasteiger partial charge on any atom is -0.379 e. The molecule has 0 spiro atoms. The maximum atomic E-state index is 11.7. The van der Waals surface area contributed by atoms with E-state index in [1.807, 2.05) is 13.8 Å². The molecule has 2 N–H and O–H groups in total. The number of rotatable bonds is 6. The molecule has 0 heterocycles. The minimum atomic E-state index is -0.774. The van der Waals surface area contributed by atoms with Crippen LogP contribution in [0.4, 0.5) is 5.69 Å². The first-order chi connectivity index (χ1) is 9.90. The molecular weight excluding hydrogens is 315 g/mol. The van der Waals surface area contributed by atoms with Crippen LogP contribution in [0.5, 0.6) is 0 Å². The van der Waals surface area contributed by atoms with Gasteiger partial charge in [-0.3, -0.25) is 9.59 Å². The van der Waals surface area contributed by atoms with Gasteiger partial charge in [0, 0.05) is 18.2 Å². The molecule has 1 aromatic carbocycles. The largest absolute Gasteiger partial charge is 0.379 e. The average molecular weight is 333 g/mol. The average Bonchev–Trinajstić information content (AvgIpc) is 2.40. The van der Waals surface area contributed by atoms with Crippen LogP contribution in [-0.4, -0.2) is 31.1 Å². The number of hydrogen-bond donors (Lipinski definition) is 2. The zero-order chi connectivity index (χ0) is 15.8. The Morgan fingerprint density at radius 1 is 1.24 bits per heavy atom. The number of benzene rings is 1. The lowest BCUT2D eigenvalue weighted by molar-refractivity contribution is -0.136. The fraction of sp³-hybridized carbons (Fsp3) is 0.429. The van der Waals surface area contributed by atoms with Crippen LogP contribution in [0, 0.1) is 0 Å². The standard InChI is InChI=1S/C14H18Cl2N2O3/c1-9(2)21-7-3-6-17-13(19)14(20)18-12-5-4-10(15)8-11(12)16/h4-5,8-9H,3,6-7H2,1-2H3,(H,17,19)(H,18,20).